The Kier molecular flexibility index (Phi) is 6.19. The van der Waals surface area contributed by atoms with E-state index >= 15 is 0 Å². The highest BCUT2D eigenvalue weighted by Gasteiger charge is 2.28. The monoisotopic (exact) mass is 405 g/mol. The largest absolute Gasteiger partial charge is 0.489 e. The van der Waals surface area contributed by atoms with Gasteiger partial charge in [-0.15, -0.1) is 0 Å². The van der Waals surface area contributed by atoms with Crippen molar-refractivity contribution in [2.75, 3.05) is 20.3 Å². The van der Waals surface area contributed by atoms with E-state index < -0.39 is 0 Å². The molecule has 0 spiro atoms. The number of nitrogens with zero attached hydrogens (tertiary/aromatic N) is 1. The van der Waals surface area contributed by atoms with Gasteiger partial charge in [0, 0.05) is 12.6 Å². The van der Waals surface area contributed by atoms with Crippen LogP contribution in [0.2, 0.25) is 5.02 Å². The van der Waals surface area contributed by atoms with Gasteiger partial charge < -0.3 is 9.47 Å². The number of carbonyl (C=O) groups is 1. The fourth-order valence-corrected chi connectivity index (χ4v) is 3.64. The quantitative estimate of drug-likeness (QED) is 0.398. The Hall–Kier alpha value is -2.02. The highest BCUT2D eigenvalue weighted by Crippen LogP contribution is 2.33. The van der Waals surface area contributed by atoms with E-state index in [1.807, 2.05) is 42.5 Å². The predicted molar refractivity (Wildman–Crippen MR) is 110 cm³/mol. The molecule has 0 bridgehead atoms. The van der Waals surface area contributed by atoms with Gasteiger partial charge in [0.1, 0.15) is 29.0 Å². The number of rotatable bonds is 6. The van der Waals surface area contributed by atoms with Crippen LogP contribution in [0, 0.1) is 0 Å². The topological polar surface area (TPSA) is 38.8 Å². The summed E-state index contributed by atoms with van der Waals surface area (Å²) >= 11 is 12.5. The Balaban J connectivity index is 1.64. The minimum Gasteiger partial charge on any atom is -0.489 e. The number of thioether (sulfide) groups is 1. The third-order valence-corrected chi connectivity index (χ3v) is 5.42. The van der Waals surface area contributed by atoms with Gasteiger partial charge in [-0.25, -0.2) is 0 Å². The molecule has 0 atom stereocenters. The lowest BCUT2D eigenvalue weighted by Crippen LogP contribution is -2.22. The molecule has 2 aromatic carbocycles. The van der Waals surface area contributed by atoms with Crippen molar-refractivity contribution in [1.82, 2.24) is 4.90 Å². The van der Waals surface area contributed by atoms with E-state index in [0.717, 1.165) is 5.56 Å². The summed E-state index contributed by atoms with van der Waals surface area (Å²) in [5.41, 5.74) is 0.819. The van der Waals surface area contributed by atoms with E-state index in [9.17, 15) is 4.79 Å². The van der Waals surface area contributed by atoms with Crippen LogP contribution in [0.5, 0.6) is 11.5 Å². The summed E-state index contributed by atoms with van der Waals surface area (Å²) in [6, 6.07) is 14.8. The zero-order valence-corrected chi connectivity index (χ0v) is 16.4. The van der Waals surface area contributed by atoms with Crippen LogP contribution in [0.3, 0.4) is 0 Å². The zero-order chi connectivity index (χ0) is 18.5. The average Bonchev–Trinajstić information content (AvgIpc) is 2.88. The summed E-state index contributed by atoms with van der Waals surface area (Å²) in [4.78, 5) is 14.2. The van der Waals surface area contributed by atoms with Gasteiger partial charge in [0.15, 0.2) is 0 Å². The number of hydrogen-bond acceptors (Lipinski definition) is 5. The Morgan fingerprint density at radius 1 is 1.08 bits per heavy atom. The molecular formula is C19H16ClNO3S2. The third-order valence-electron chi connectivity index (χ3n) is 3.63. The van der Waals surface area contributed by atoms with Crippen molar-refractivity contribution in [1.29, 1.82) is 0 Å². The normalized spacial score (nSPS) is 15.6. The number of halogens is 1. The standard InChI is InChI=1S/C19H16ClNO3S2/c1-21-18(22)17(26-19(21)25)12-13-6-2-4-8-15(13)23-10-11-24-16-9-5-3-7-14(16)20/h2-9,12H,10-11H2,1H3/b17-12+. The maximum atomic E-state index is 12.2. The van der Waals surface area contributed by atoms with Crippen LogP contribution in [0.15, 0.2) is 53.4 Å². The molecule has 1 aliphatic rings. The van der Waals surface area contributed by atoms with Crippen molar-refractivity contribution in [2.24, 2.45) is 0 Å². The second-order valence-corrected chi connectivity index (χ2v) is 7.49. The first-order chi connectivity index (χ1) is 12.6. The van der Waals surface area contributed by atoms with Gasteiger partial charge in [-0.3, -0.25) is 9.69 Å². The Morgan fingerprint density at radius 2 is 1.69 bits per heavy atom. The van der Waals surface area contributed by atoms with Crippen molar-refractivity contribution in [3.05, 3.63) is 64.0 Å². The first-order valence-corrected chi connectivity index (χ1v) is 9.47. The lowest BCUT2D eigenvalue weighted by molar-refractivity contribution is -0.121. The van der Waals surface area contributed by atoms with Gasteiger partial charge in [-0.05, 0) is 24.3 Å². The maximum absolute atomic E-state index is 12.2. The molecular weight excluding hydrogens is 390 g/mol. The fourth-order valence-electron chi connectivity index (χ4n) is 2.28. The summed E-state index contributed by atoms with van der Waals surface area (Å²) in [7, 11) is 1.67. The van der Waals surface area contributed by atoms with Crippen LogP contribution >= 0.6 is 35.6 Å². The van der Waals surface area contributed by atoms with E-state index in [0.29, 0.717) is 39.0 Å². The summed E-state index contributed by atoms with van der Waals surface area (Å²) in [5.74, 6) is 1.20. The molecule has 1 amide bonds. The van der Waals surface area contributed by atoms with E-state index in [-0.39, 0.29) is 5.91 Å². The summed E-state index contributed by atoms with van der Waals surface area (Å²) in [6.45, 7) is 0.708. The van der Waals surface area contributed by atoms with Crippen molar-refractivity contribution in [2.45, 2.75) is 0 Å². The summed E-state index contributed by atoms with van der Waals surface area (Å²) in [6.07, 6.45) is 1.80. The molecule has 0 saturated carbocycles. The summed E-state index contributed by atoms with van der Waals surface area (Å²) in [5, 5.41) is 0.564. The van der Waals surface area contributed by atoms with Crippen molar-refractivity contribution < 1.29 is 14.3 Å². The number of amides is 1. The van der Waals surface area contributed by atoms with E-state index in [2.05, 4.69) is 0 Å². The number of thiocarbonyl (C=S) groups is 1. The molecule has 3 rings (SSSR count). The van der Waals surface area contributed by atoms with Gasteiger partial charge in [0.05, 0.1) is 9.93 Å². The first kappa shape index (κ1) is 18.8. The number of carbonyl (C=O) groups excluding carboxylic acids is 1. The number of likely N-dealkylation sites (N-methyl/N-ethyl adjacent to an activating group) is 1. The molecule has 26 heavy (non-hydrogen) atoms. The van der Waals surface area contributed by atoms with Crippen LogP contribution in [0.4, 0.5) is 0 Å². The highest BCUT2D eigenvalue weighted by atomic mass is 35.5. The molecule has 1 saturated heterocycles. The van der Waals surface area contributed by atoms with E-state index in [1.165, 1.54) is 16.7 Å². The van der Waals surface area contributed by atoms with Crippen LogP contribution in [-0.4, -0.2) is 35.4 Å². The number of hydrogen-bond donors (Lipinski definition) is 0. The highest BCUT2D eigenvalue weighted by molar-refractivity contribution is 8.26. The minimum absolute atomic E-state index is 0.100. The number of benzene rings is 2. The molecule has 1 aliphatic heterocycles. The molecule has 1 heterocycles. The summed E-state index contributed by atoms with van der Waals surface area (Å²) < 4.78 is 12.0. The predicted octanol–water partition coefficient (Wildman–Crippen LogP) is 4.63. The maximum Gasteiger partial charge on any atom is 0.265 e. The lowest BCUT2D eigenvalue weighted by Gasteiger charge is -2.11. The molecule has 7 heteroatoms. The van der Waals surface area contributed by atoms with Gasteiger partial charge in [0.25, 0.3) is 5.91 Å². The lowest BCUT2D eigenvalue weighted by atomic mass is 10.2. The molecule has 0 radical (unpaired) electrons. The fraction of sp³-hybridized carbons (Fsp3) is 0.158. The van der Waals surface area contributed by atoms with Gasteiger partial charge in [-0.2, -0.15) is 0 Å². The Morgan fingerprint density at radius 3 is 2.35 bits per heavy atom. The van der Waals surface area contributed by atoms with E-state index in [1.54, 1.807) is 19.2 Å². The molecule has 4 nitrogen and oxygen atoms in total. The van der Waals surface area contributed by atoms with Crippen molar-refractivity contribution in [3.63, 3.8) is 0 Å². The third kappa shape index (κ3) is 4.38. The average molecular weight is 406 g/mol. The molecule has 2 aromatic rings. The van der Waals surface area contributed by atoms with Gasteiger partial charge in [-0.1, -0.05) is 65.9 Å². The van der Waals surface area contributed by atoms with Crippen LogP contribution in [-0.2, 0) is 4.79 Å². The molecule has 0 N–H and O–H groups in total. The zero-order valence-electron chi connectivity index (χ0n) is 14.0. The molecule has 134 valence electrons. The molecule has 0 unspecified atom stereocenters. The van der Waals surface area contributed by atoms with Crippen LogP contribution < -0.4 is 9.47 Å². The van der Waals surface area contributed by atoms with Crippen LogP contribution in [0.1, 0.15) is 5.56 Å². The second kappa shape index (κ2) is 8.58. The van der Waals surface area contributed by atoms with Crippen LogP contribution in [0.25, 0.3) is 6.08 Å². The number of para-hydroxylation sites is 2. The van der Waals surface area contributed by atoms with E-state index in [4.69, 9.17) is 33.3 Å². The molecule has 0 aliphatic carbocycles. The van der Waals surface area contributed by atoms with Gasteiger partial charge >= 0.3 is 0 Å². The Labute approximate surface area is 166 Å². The number of ether oxygens (including phenoxy) is 2. The van der Waals surface area contributed by atoms with Crippen molar-refractivity contribution in [3.8, 4) is 11.5 Å². The van der Waals surface area contributed by atoms with Gasteiger partial charge in [0.2, 0.25) is 0 Å². The van der Waals surface area contributed by atoms with Crippen molar-refractivity contribution >= 4 is 51.9 Å². The molecule has 1 fully saturated rings. The first-order valence-electron chi connectivity index (χ1n) is 7.87. The SMILES string of the molecule is CN1C(=O)/C(=C\c2ccccc2OCCOc2ccccc2Cl)SC1=S. The molecule has 0 aromatic heterocycles. The minimum atomic E-state index is -0.100. The second-order valence-electron chi connectivity index (χ2n) is 5.41. The Bertz CT molecular complexity index is 869. The smallest absolute Gasteiger partial charge is 0.265 e.